The van der Waals surface area contributed by atoms with Crippen molar-refractivity contribution in [1.82, 2.24) is 9.78 Å². The van der Waals surface area contributed by atoms with Gasteiger partial charge in [-0.25, -0.2) is 0 Å². The smallest absolute Gasteiger partial charge is 0.350 e. The van der Waals surface area contributed by atoms with Crippen LogP contribution in [0.5, 0.6) is 0 Å². The number of aromatic nitrogens is 2. The predicted molar refractivity (Wildman–Crippen MR) is 52.7 cm³/mol. The SMILES string of the molecule is Cc1nn(C)c(N(C)CC(F)(F)F)c1C=O. The zero-order chi connectivity index (χ0) is 12.5. The second-order valence-electron chi connectivity index (χ2n) is 3.54. The number of alkyl halides is 3. The molecule has 0 N–H and O–H groups in total. The van der Waals surface area contributed by atoms with Crippen LogP contribution in [0.2, 0.25) is 0 Å². The third-order valence-electron chi connectivity index (χ3n) is 2.13. The minimum absolute atomic E-state index is 0.171. The molecule has 16 heavy (non-hydrogen) atoms. The molecular formula is C9H12F3N3O. The zero-order valence-corrected chi connectivity index (χ0v) is 9.17. The van der Waals surface area contributed by atoms with Gasteiger partial charge in [-0.3, -0.25) is 9.48 Å². The van der Waals surface area contributed by atoms with Crippen LogP contribution in [0.1, 0.15) is 16.1 Å². The first-order chi connectivity index (χ1) is 7.26. The number of carbonyl (C=O) groups excluding carboxylic acids is 1. The molecule has 0 aromatic carbocycles. The van der Waals surface area contributed by atoms with Crippen LogP contribution in [0.15, 0.2) is 0 Å². The number of carbonyl (C=O) groups is 1. The van der Waals surface area contributed by atoms with Crippen molar-refractivity contribution >= 4 is 12.1 Å². The van der Waals surface area contributed by atoms with Crippen LogP contribution in [0.25, 0.3) is 0 Å². The minimum atomic E-state index is -4.31. The summed E-state index contributed by atoms with van der Waals surface area (Å²) in [6.07, 6.45) is -3.79. The standard InChI is InChI=1S/C9H12F3N3O/c1-6-7(4-16)8(15(3)13-6)14(2)5-9(10,11)12/h4H,5H2,1-3H3. The van der Waals surface area contributed by atoms with Crippen LogP contribution in [0.4, 0.5) is 19.0 Å². The molecule has 0 aliphatic rings. The van der Waals surface area contributed by atoms with Crippen molar-refractivity contribution in [2.75, 3.05) is 18.5 Å². The van der Waals surface area contributed by atoms with Crippen LogP contribution < -0.4 is 4.90 Å². The number of rotatable bonds is 3. The van der Waals surface area contributed by atoms with E-state index >= 15 is 0 Å². The zero-order valence-electron chi connectivity index (χ0n) is 9.17. The van der Waals surface area contributed by atoms with E-state index in [9.17, 15) is 18.0 Å². The Morgan fingerprint density at radius 1 is 1.50 bits per heavy atom. The highest BCUT2D eigenvalue weighted by Crippen LogP contribution is 2.24. The van der Waals surface area contributed by atoms with Crippen molar-refractivity contribution in [3.05, 3.63) is 11.3 Å². The summed E-state index contributed by atoms with van der Waals surface area (Å²) in [5.41, 5.74) is 0.607. The van der Waals surface area contributed by atoms with Gasteiger partial charge in [0.15, 0.2) is 6.29 Å². The van der Waals surface area contributed by atoms with Gasteiger partial charge in [0.05, 0.1) is 11.3 Å². The van der Waals surface area contributed by atoms with Crippen molar-refractivity contribution in [2.45, 2.75) is 13.1 Å². The molecule has 0 aliphatic carbocycles. The van der Waals surface area contributed by atoms with E-state index in [2.05, 4.69) is 5.10 Å². The minimum Gasteiger partial charge on any atom is -0.350 e. The van der Waals surface area contributed by atoms with Gasteiger partial charge in [-0.2, -0.15) is 18.3 Å². The summed E-state index contributed by atoms with van der Waals surface area (Å²) in [4.78, 5) is 11.7. The highest BCUT2D eigenvalue weighted by atomic mass is 19.4. The topological polar surface area (TPSA) is 38.1 Å². The van der Waals surface area contributed by atoms with Crippen LogP contribution in [0.3, 0.4) is 0 Å². The molecule has 1 aromatic heterocycles. The number of hydrogen-bond donors (Lipinski definition) is 0. The predicted octanol–water partition coefficient (Wildman–Crippen LogP) is 1.54. The molecule has 0 fully saturated rings. The molecule has 7 heteroatoms. The molecule has 0 aliphatic heterocycles. The molecule has 0 bridgehead atoms. The van der Waals surface area contributed by atoms with Crippen LogP contribution in [-0.2, 0) is 7.05 Å². The normalized spacial score (nSPS) is 11.6. The molecule has 0 saturated carbocycles. The Morgan fingerprint density at radius 2 is 2.06 bits per heavy atom. The van der Waals surface area contributed by atoms with Crippen LogP contribution in [-0.4, -0.2) is 35.8 Å². The highest BCUT2D eigenvalue weighted by molar-refractivity contribution is 5.84. The molecule has 1 rings (SSSR count). The van der Waals surface area contributed by atoms with Gasteiger partial charge >= 0.3 is 6.18 Å². The number of hydrogen-bond acceptors (Lipinski definition) is 3. The molecule has 0 saturated heterocycles. The van der Waals surface area contributed by atoms with E-state index in [0.29, 0.717) is 12.0 Å². The number of aldehydes is 1. The Hall–Kier alpha value is -1.53. The maximum atomic E-state index is 12.2. The maximum Gasteiger partial charge on any atom is 0.405 e. The number of halogens is 3. The summed E-state index contributed by atoms with van der Waals surface area (Å²) < 4.78 is 37.9. The molecule has 0 unspecified atom stereocenters. The molecule has 1 heterocycles. The lowest BCUT2D eigenvalue weighted by molar-refractivity contribution is -0.119. The number of anilines is 1. The van der Waals surface area contributed by atoms with Gasteiger partial charge in [-0.15, -0.1) is 0 Å². The van der Waals surface area contributed by atoms with E-state index in [0.717, 1.165) is 4.90 Å². The van der Waals surface area contributed by atoms with Gasteiger partial charge in [0.25, 0.3) is 0 Å². The van der Waals surface area contributed by atoms with Crippen molar-refractivity contribution in [1.29, 1.82) is 0 Å². The number of nitrogens with zero attached hydrogens (tertiary/aromatic N) is 3. The van der Waals surface area contributed by atoms with E-state index < -0.39 is 12.7 Å². The first-order valence-electron chi connectivity index (χ1n) is 4.53. The highest BCUT2D eigenvalue weighted by Gasteiger charge is 2.31. The van der Waals surface area contributed by atoms with Gasteiger partial charge in [0, 0.05) is 14.1 Å². The maximum absolute atomic E-state index is 12.2. The third kappa shape index (κ3) is 2.53. The van der Waals surface area contributed by atoms with Crippen molar-refractivity contribution in [3.8, 4) is 0 Å². The summed E-state index contributed by atoms with van der Waals surface area (Å²) >= 11 is 0. The van der Waals surface area contributed by atoms with Gasteiger partial charge in [0.2, 0.25) is 0 Å². The second kappa shape index (κ2) is 4.15. The molecule has 4 nitrogen and oxygen atoms in total. The Labute approximate surface area is 90.6 Å². The lowest BCUT2D eigenvalue weighted by Gasteiger charge is -2.21. The van der Waals surface area contributed by atoms with E-state index in [1.807, 2.05) is 0 Å². The lowest BCUT2D eigenvalue weighted by atomic mass is 10.2. The summed E-state index contributed by atoms with van der Waals surface area (Å²) in [7, 11) is 2.78. The Bertz CT molecular complexity index is 397. The summed E-state index contributed by atoms with van der Waals surface area (Å²) in [5, 5.41) is 3.91. The van der Waals surface area contributed by atoms with Gasteiger partial charge in [0.1, 0.15) is 12.4 Å². The monoisotopic (exact) mass is 235 g/mol. The molecule has 90 valence electrons. The third-order valence-corrected chi connectivity index (χ3v) is 2.13. The van der Waals surface area contributed by atoms with Crippen molar-refractivity contribution in [2.24, 2.45) is 7.05 Å². The molecule has 0 spiro atoms. The quantitative estimate of drug-likeness (QED) is 0.746. The lowest BCUT2D eigenvalue weighted by Crippen LogP contribution is -2.32. The fourth-order valence-electron chi connectivity index (χ4n) is 1.60. The van der Waals surface area contributed by atoms with E-state index in [1.165, 1.54) is 18.8 Å². The van der Waals surface area contributed by atoms with Gasteiger partial charge in [-0.05, 0) is 6.92 Å². The first kappa shape index (κ1) is 12.5. The summed E-state index contributed by atoms with van der Waals surface area (Å²) in [5.74, 6) is 0.171. The Morgan fingerprint density at radius 3 is 2.50 bits per heavy atom. The van der Waals surface area contributed by atoms with Crippen molar-refractivity contribution in [3.63, 3.8) is 0 Å². The molecule has 0 amide bonds. The Balaban J connectivity index is 3.07. The fourth-order valence-corrected chi connectivity index (χ4v) is 1.60. The molecule has 0 radical (unpaired) electrons. The molecular weight excluding hydrogens is 223 g/mol. The Kier molecular flexibility index (Phi) is 3.25. The largest absolute Gasteiger partial charge is 0.405 e. The second-order valence-corrected chi connectivity index (χ2v) is 3.54. The first-order valence-corrected chi connectivity index (χ1v) is 4.53. The molecule has 0 atom stereocenters. The van der Waals surface area contributed by atoms with Gasteiger partial charge < -0.3 is 4.90 Å². The van der Waals surface area contributed by atoms with E-state index in [1.54, 1.807) is 6.92 Å². The molecule has 1 aromatic rings. The van der Waals surface area contributed by atoms with Crippen molar-refractivity contribution < 1.29 is 18.0 Å². The number of aryl methyl sites for hydroxylation is 2. The fraction of sp³-hybridized carbons (Fsp3) is 0.556. The summed E-state index contributed by atoms with van der Waals surface area (Å²) in [6.45, 7) is 0.460. The van der Waals surface area contributed by atoms with Gasteiger partial charge in [-0.1, -0.05) is 0 Å². The van der Waals surface area contributed by atoms with E-state index in [-0.39, 0.29) is 11.4 Å². The van der Waals surface area contributed by atoms with Crippen LogP contribution in [0, 0.1) is 6.92 Å². The average molecular weight is 235 g/mol. The average Bonchev–Trinajstić information content (AvgIpc) is 2.37. The van der Waals surface area contributed by atoms with E-state index in [4.69, 9.17) is 0 Å². The summed E-state index contributed by atoms with van der Waals surface area (Å²) in [6, 6.07) is 0. The van der Waals surface area contributed by atoms with Crippen LogP contribution >= 0.6 is 0 Å².